The zero-order valence-electron chi connectivity index (χ0n) is 18.7. The lowest BCUT2D eigenvalue weighted by molar-refractivity contribution is -0.125. The third kappa shape index (κ3) is 4.76. The fourth-order valence-corrected chi connectivity index (χ4v) is 4.79. The summed E-state index contributed by atoms with van der Waals surface area (Å²) in [6, 6.07) is 4.71. The van der Waals surface area contributed by atoms with Gasteiger partial charge >= 0.3 is 0 Å². The molecule has 0 spiro atoms. The highest BCUT2D eigenvalue weighted by molar-refractivity contribution is 5.91. The van der Waals surface area contributed by atoms with Gasteiger partial charge in [0.25, 0.3) is 0 Å². The number of nitrogens with zero attached hydrogens (tertiary/aromatic N) is 5. The van der Waals surface area contributed by atoms with E-state index in [0.29, 0.717) is 25.9 Å². The van der Waals surface area contributed by atoms with Crippen LogP contribution in [0, 0.1) is 11.6 Å². The van der Waals surface area contributed by atoms with E-state index in [1.165, 1.54) is 43.5 Å². The first-order chi connectivity index (χ1) is 16.1. The Bertz CT molecular complexity index is 1050. The summed E-state index contributed by atoms with van der Waals surface area (Å²) in [7, 11) is 0. The van der Waals surface area contributed by atoms with Crippen molar-refractivity contribution < 1.29 is 13.6 Å². The molecule has 2 aromatic rings. The van der Waals surface area contributed by atoms with Crippen molar-refractivity contribution in [3.63, 3.8) is 0 Å². The molecule has 6 nitrogen and oxygen atoms in total. The van der Waals surface area contributed by atoms with Crippen molar-refractivity contribution >= 4 is 17.9 Å². The van der Waals surface area contributed by atoms with E-state index in [-0.39, 0.29) is 11.5 Å². The Morgan fingerprint density at radius 1 is 1.03 bits per heavy atom. The van der Waals surface area contributed by atoms with Gasteiger partial charge in [-0.1, -0.05) is 18.6 Å². The van der Waals surface area contributed by atoms with E-state index in [9.17, 15) is 13.6 Å². The summed E-state index contributed by atoms with van der Waals surface area (Å²) in [6.45, 7) is 5.10. The quantitative estimate of drug-likeness (QED) is 0.666. The molecule has 3 aliphatic rings. The highest BCUT2D eigenvalue weighted by Gasteiger charge is 2.29. The SMILES string of the molecule is O=C(/C=C/c1cccc(F)c1F)N1CCc2cnc(N3CCN(C4CCC4)CC3)nc2CC1. The minimum atomic E-state index is -0.943. The second kappa shape index (κ2) is 9.55. The van der Waals surface area contributed by atoms with Crippen LogP contribution in [-0.2, 0) is 17.6 Å². The van der Waals surface area contributed by atoms with Crippen molar-refractivity contribution in [3.8, 4) is 0 Å². The average molecular weight is 454 g/mol. The fourth-order valence-electron chi connectivity index (χ4n) is 4.79. The first-order valence-electron chi connectivity index (χ1n) is 11.8. The van der Waals surface area contributed by atoms with Gasteiger partial charge in [0.15, 0.2) is 11.6 Å². The molecule has 2 aliphatic heterocycles. The number of hydrogen-bond donors (Lipinski definition) is 0. The van der Waals surface area contributed by atoms with Crippen molar-refractivity contribution in [2.75, 3.05) is 44.2 Å². The van der Waals surface area contributed by atoms with Crippen molar-refractivity contribution in [2.24, 2.45) is 0 Å². The third-order valence-electron chi connectivity index (χ3n) is 7.10. The minimum Gasteiger partial charge on any atom is -0.338 e. The standard InChI is InChI=1S/C25H29F2N5O/c26-21-6-1-3-18(24(21)27)7-8-23(33)31-11-9-19-17-28-25(29-22(19)10-12-31)32-15-13-30(14-16-32)20-4-2-5-20/h1,3,6-8,17,20H,2,4-5,9-16H2/b8-7+. The highest BCUT2D eigenvalue weighted by atomic mass is 19.2. The molecular weight excluding hydrogens is 424 g/mol. The fraction of sp³-hybridized carbons (Fsp3) is 0.480. The van der Waals surface area contributed by atoms with E-state index >= 15 is 0 Å². The predicted molar refractivity (Wildman–Crippen MR) is 123 cm³/mol. The largest absolute Gasteiger partial charge is 0.338 e. The Morgan fingerprint density at radius 3 is 2.58 bits per heavy atom. The number of benzene rings is 1. The van der Waals surface area contributed by atoms with Crippen LogP contribution >= 0.6 is 0 Å². The van der Waals surface area contributed by atoms with Crippen LogP contribution in [0.5, 0.6) is 0 Å². The molecule has 0 N–H and O–H groups in total. The van der Waals surface area contributed by atoms with Crippen LogP contribution in [0.4, 0.5) is 14.7 Å². The first-order valence-corrected chi connectivity index (χ1v) is 11.8. The number of amides is 1. The maximum absolute atomic E-state index is 13.8. The number of aromatic nitrogens is 2. The molecule has 1 aliphatic carbocycles. The molecule has 1 saturated heterocycles. The van der Waals surface area contributed by atoms with Gasteiger partial charge in [0.2, 0.25) is 11.9 Å². The monoisotopic (exact) mass is 453 g/mol. The van der Waals surface area contributed by atoms with Gasteiger partial charge in [0, 0.05) is 69.6 Å². The second-order valence-corrected chi connectivity index (χ2v) is 9.05. The van der Waals surface area contributed by atoms with Crippen LogP contribution in [0.25, 0.3) is 6.08 Å². The lowest BCUT2D eigenvalue weighted by atomic mass is 9.91. The van der Waals surface area contributed by atoms with Crippen LogP contribution in [0.15, 0.2) is 30.5 Å². The normalized spacial score (nSPS) is 19.9. The van der Waals surface area contributed by atoms with Gasteiger partial charge < -0.3 is 9.80 Å². The number of rotatable bonds is 4. The van der Waals surface area contributed by atoms with Gasteiger partial charge in [-0.3, -0.25) is 9.69 Å². The number of carbonyl (C=O) groups is 1. The summed E-state index contributed by atoms with van der Waals surface area (Å²) >= 11 is 0. The van der Waals surface area contributed by atoms with Gasteiger partial charge in [0.1, 0.15) is 0 Å². The number of halogens is 2. The lowest BCUT2D eigenvalue weighted by Gasteiger charge is -2.43. The molecule has 1 saturated carbocycles. The number of anilines is 1. The van der Waals surface area contributed by atoms with Crippen molar-refractivity contribution in [2.45, 2.75) is 38.1 Å². The van der Waals surface area contributed by atoms with Crippen LogP contribution in [0.2, 0.25) is 0 Å². The Balaban J connectivity index is 1.20. The molecule has 2 fully saturated rings. The molecular formula is C25H29F2N5O. The molecule has 33 heavy (non-hydrogen) atoms. The summed E-state index contributed by atoms with van der Waals surface area (Å²) in [5.41, 5.74) is 2.13. The van der Waals surface area contributed by atoms with E-state index < -0.39 is 11.6 Å². The van der Waals surface area contributed by atoms with Gasteiger partial charge in [-0.05, 0) is 37.0 Å². The van der Waals surface area contributed by atoms with Crippen LogP contribution in [0.1, 0.15) is 36.1 Å². The Hall–Kier alpha value is -2.87. The lowest BCUT2D eigenvalue weighted by Crippen LogP contribution is -2.52. The summed E-state index contributed by atoms with van der Waals surface area (Å²) < 4.78 is 27.2. The van der Waals surface area contributed by atoms with E-state index in [2.05, 4.69) is 14.8 Å². The Labute approximate surface area is 192 Å². The highest BCUT2D eigenvalue weighted by Crippen LogP contribution is 2.26. The van der Waals surface area contributed by atoms with Crippen LogP contribution < -0.4 is 4.90 Å². The molecule has 1 amide bonds. The van der Waals surface area contributed by atoms with Crippen molar-refractivity contribution in [1.29, 1.82) is 0 Å². The molecule has 0 unspecified atom stereocenters. The molecule has 0 atom stereocenters. The third-order valence-corrected chi connectivity index (χ3v) is 7.10. The molecule has 8 heteroatoms. The minimum absolute atomic E-state index is 0.0642. The average Bonchev–Trinajstić information content (AvgIpc) is 3.01. The number of piperazine rings is 1. The molecule has 0 bridgehead atoms. The van der Waals surface area contributed by atoms with E-state index in [4.69, 9.17) is 4.98 Å². The zero-order chi connectivity index (χ0) is 22.8. The molecule has 3 heterocycles. The van der Waals surface area contributed by atoms with Crippen molar-refractivity contribution in [3.05, 3.63) is 58.9 Å². The van der Waals surface area contributed by atoms with Crippen LogP contribution in [0.3, 0.4) is 0 Å². The van der Waals surface area contributed by atoms with Gasteiger partial charge in [-0.15, -0.1) is 0 Å². The summed E-state index contributed by atoms with van der Waals surface area (Å²) in [6.07, 6.45) is 9.90. The van der Waals surface area contributed by atoms with E-state index in [0.717, 1.165) is 55.5 Å². The number of carbonyl (C=O) groups excluding carboxylic acids is 1. The molecule has 1 aromatic carbocycles. The van der Waals surface area contributed by atoms with E-state index in [1.54, 1.807) is 4.90 Å². The maximum Gasteiger partial charge on any atom is 0.246 e. The topological polar surface area (TPSA) is 52.6 Å². The van der Waals surface area contributed by atoms with Crippen LogP contribution in [-0.4, -0.2) is 71.0 Å². The molecule has 5 rings (SSSR count). The molecule has 1 aromatic heterocycles. The van der Waals surface area contributed by atoms with Crippen molar-refractivity contribution in [1.82, 2.24) is 19.8 Å². The molecule has 174 valence electrons. The van der Waals surface area contributed by atoms with Gasteiger partial charge in [-0.2, -0.15) is 0 Å². The van der Waals surface area contributed by atoms with Gasteiger partial charge in [-0.25, -0.2) is 18.7 Å². The summed E-state index contributed by atoms with van der Waals surface area (Å²) in [4.78, 5) is 28.7. The Kier molecular flexibility index (Phi) is 6.35. The number of fused-ring (bicyclic) bond motifs is 1. The molecule has 0 radical (unpaired) electrons. The van der Waals surface area contributed by atoms with Gasteiger partial charge in [0.05, 0.1) is 5.69 Å². The van der Waals surface area contributed by atoms with E-state index in [1.807, 2.05) is 6.20 Å². The zero-order valence-corrected chi connectivity index (χ0v) is 18.7. The first kappa shape index (κ1) is 21.9. The summed E-state index contributed by atoms with van der Waals surface area (Å²) in [5.74, 6) is -1.30. The smallest absolute Gasteiger partial charge is 0.246 e. The number of hydrogen-bond acceptors (Lipinski definition) is 5. The Morgan fingerprint density at radius 2 is 1.82 bits per heavy atom. The summed E-state index contributed by atoms with van der Waals surface area (Å²) in [5, 5.41) is 0. The maximum atomic E-state index is 13.8. The predicted octanol–water partition coefficient (Wildman–Crippen LogP) is 3.07. The second-order valence-electron chi connectivity index (χ2n) is 9.05.